The number of aromatic hydroxyl groups is 2. The van der Waals surface area contributed by atoms with E-state index in [1.165, 1.54) is 18.2 Å². The van der Waals surface area contributed by atoms with Crippen LogP contribution in [0.5, 0.6) is 11.5 Å². The van der Waals surface area contributed by atoms with Gasteiger partial charge in [-0.3, -0.25) is 19.2 Å². The van der Waals surface area contributed by atoms with Crippen LogP contribution >= 0.6 is 11.8 Å². The minimum atomic E-state index is -1.27. The number of amides is 2. The highest BCUT2D eigenvalue weighted by molar-refractivity contribution is 7.99. The quantitative estimate of drug-likeness (QED) is 0.167. The van der Waals surface area contributed by atoms with Crippen LogP contribution in [0.1, 0.15) is 18.4 Å². The van der Waals surface area contributed by atoms with E-state index >= 15 is 0 Å². The Morgan fingerprint density at radius 1 is 1.17 bits per heavy atom. The van der Waals surface area contributed by atoms with Gasteiger partial charge in [-0.15, -0.1) is 11.8 Å². The van der Waals surface area contributed by atoms with Gasteiger partial charge < -0.3 is 36.8 Å². The van der Waals surface area contributed by atoms with Crippen LogP contribution in [0.15, 0.2) is 23.6 Å². The normalized spacial score (nSPS) is 12.4. The monoisotopic (exact) mass is 441 g/mol. The van der Waals surface area contributed by atoms with Crippen molar-refractivity contribution in [2.75, 3.05) is 12.3 Å². The third kappa shape index (κ3) is 8.01. The summed E-state index contributed by atoms with van der Waals surface area (Å²) < 4.78 is 0. The summed E-state index contributed by atoms with van der Waals surface area (Å²) in [6.07, 6.45) is 1.02. The highest BCUT2D eigenvalue weighted by Gasteiger charge is 2.23. The van der Waals surface area contributed by atoms with Crippen molar-refractivity contribution >= 4 is 41.6 Å². The van der Waals surface area contributed by atoms with E-state index in [9.17, 15) is 29.4 Å². The molecule has 0 fully saturated rings. The van der Waals surface area contributed by atoms with Gasteiger partial charge in [0.15, 0.2) is 11.5 Å². The van der Waals surface area contributed by atoms with Crippen LogP contribution in [0, 0.1) is 0 Å². The lowest BCUT2D eigenvalue weighted by Gasteiger charge is -2.19. The van der Waals surface area contributed by atoms with Gasteiger partial charge in [0.25, 0.3) is 0 Å². The van der Waals surface area contributed by atoms with Crippen molar-refractivity contribution < 1.29 is 39.6 Å². The second-order valence-electron chi connectivity index (χ2n) is 6.11. The maximum atomic E-state index is 12.3. The summed E-state index contributed by atoms with van der Waals surface area (Å²) in [4.78, 5) is 46.3. The first-order chi connectivity index (χ1) is 14.0. The lowest BCUT2D eigenvalue weighted by atomic mass is 10.1. The molecule has 0 aliphatic rings. The standard InChI is InChI=1S/C18H23N3O8S/c1-2-9-5-12(22)13(23)6-14(9)30-8-11(17(27)20-7-16(25)26)21-15(24)4-3-10(19)18(28)29/h2,5-6,10-11,22-23H,1,3-4,7-8,19H2,(H,20,27)(H,21,24)(H,25,26)(H,28,29)/t10-,11-/m0/s1. The number of carbonyl (C=O) groups is 4. The number of carbonyl (C=O) groups excluding carboxylic acids is 2. The molecule has 12 heteroatoms. The minimum Gasteiger partial charge on any atom is -0.504 e. The predicted octanol–water partition coefficient (Wildman–Crippen LogP) is -0.289. The van der Waals surface area contributed by atoms with Crippen molar-refractivity contribution in [2.24, 2.45) is 5.73 Å². The molecule has 0 saturated heterocycles. The molecule has 1 rings (SSSR count). The summed E-state index contributed by atoms with van der Waals surface area (Å²) in [6, 6.07) is 0.142. The summed E-state index contributed by atoms with van der Waals surface area (Å²) in [5.41, 5.74) is 5.82. The molecule has 8 N–H and O–H groups in total. The van der Waals surface area contributed by atoms with Crippen molar-refractivity contribution in [3.8, 4) is 11.5 Å². The van der Waals surface area contributed by atoms with E-state index in [0.29, 0.717) is 10.5 Å². The number of hydrogen-bond acceptors (Lipinski definition) is 8. The molecule has 0 spiro atoms. The van der Waals surface area contributed by atoms with E-state index in [0.717, 1.165) is 11.8 Å². The Morgan fingerprint density at radius 3 is 2.37 bits per heavy atom. The second kappa shape index (κ2) is 11.7. The van der Waals surface area contributed by atoms with Crippen LogP contribution in [0.4, 0.5) is 0 Å². The van der Waals surface area contributed by atoms with Crippen molar-refractivity contribution in [2.45, 2.75) is 29.8 Å². The summed E-state index contributed by atoms with van der Waals surface area (Å²) >= 11 is 1.05. The number of phenolic OH excluding ortho intramolecular Hbond substituents is 2. The van der Waals surface area contributed by atoms with Crippen LogP contribution in [0.3, 0.4) is 0 Å². The third-order valence-electron chi connectivity index (χ3n) is 3.80. The second-order valence-corrected chi connectivity index (χ2v) is 7.17. The van der Waals surface area contributed by atoms with Crippen molar-refractivity contribution in [3.05, 3.63) is 24.3 Å². The van der Waals surface area contributed by atoms with Crippen LogP contribution in [0.2, 0.25) is 0 Å². The molecule has 30 heavy (non-hydrogen) atoms. The van der Waals surface area contributed by atoms with E-state index in [1.807, 2.05) is 0 Å². The Labute approximate surface area is 176 Å². The molecule has 1 aromatic carbocycles. The fourth-order valence-corrected chi connectivity index (χ4v) is 3.26. The van der Waals surface area contributed by atoms with E-state index in [1.54, 1.807) is 0 Å². The zero-order chi connectivity index (χ0) is 22.8. The van der Waals surface area contributed by atoms with Gasteiger partial charge in [-0.1, -0.05) is 12.7 Å². The van der Waals surface area contributed by atoms with Crippen molar-refractivity contribution in [3.63, 3.8) is 0 Å². The fraction of sp³-hybridized carbons (Fsp3) is 0.333. The van der Waals surface area contributed by atoms with Crippen LogP contribution < -0.4 is 16.4 Å². The SMILES string of the molecule is C=Cc1cc(O)c(O)cc1SC[C@H](NC(=O)CC[C@H](N)C(=O)O)C(=O)NCC(=O)O. The molecule has 0 aliphatic heterocycles. The first-order valence-corrected chi connectivity index (χ1v) is 9.62. The smallest absolute Gasteiger partial charge is 0.322 e. The van der Waals surface area contributed by atoms with Crippen molar-refractivity contribution in [1.82, 2.24) is 10.6 Å². The molecule has 0 aromatic heterocycles. The zero-order valence-electron chi connectivity index (χ0n) is 15.8. The van der Waals surface area contributed by atoms with Gasteiger partial charge in [0.2, 0.25) is 11.8 Å². The number of phenols is 2. The maximum Gasteiger partial charge on any atom is 0.322 e. The summed E-state index contributed by atoms with van der Waals surface area (Å²) in [5, 5.41) is 41.3. The fourth-order valence-electron chi connectivity index (χ4n) is 2.18. The van der Waals surface area contributed by atoms with Crippen LogP contribution in [0.25, 0.3) is 6.08 Å². The van der Waals surface area contributed by atoms with Gasteiger partial charge in [0.05, 0.1) is 0 Å². The molecule has 0 radical (unpaired) electrons. The van der Waals surface area contributed by atoms with E-state index < -0.39 is 42.4 Å². The topological polar surface area (TPSA) is 199 Å². The minimum absolute atomic E-state index is 0.0484. The Hall–Kier alpha value is -3.25. The molecule has 0 aliphatic carbocycles. The Bertz CT molecular complexity index is 830. The van der Waals surface area contributed by atoms with E-state index in [2.05, 4.69) is 17.2 Å². The highest BCUT2D eigenvalue weighted by Crippen LogP contribution is 2.34. The Balaban J connectivity index is 2.88. The third-order valence-corrected chi connectivity index (χ3v) is 4.96. The molecule has 11 nitrogen and oxygen atoms in total. The number of thioether (sulfide) groups is 1. The largest absolute Gasteiger partial charge is 0.504 e. The first kappa shape index (κ1) is 24.8. The zero-order valence-corrected chi connectivity index (χ0v) is 16.6. The number of nitrogens with two attached hydrogens (primary N) is 1. The molecule has 0 heterocycles. The molecule has 164 valence electrons. The van der Waals surface area contributed by atoms with Gasteiger partial charge >= 0.3 is 11.9 Å². The van der Waals surface area contributed by atoms with Crippen LogP contribution in [-0.4, -0.2) is 68.6 Å². The van der Waals surface area contributed by atoms with E-state index in [-0.39, 0.29) is 30.1 Å². The molecule has 2 amide bonds. The molecule has 0 saturated carbocycles. The lowest BCUT2D eigenvalue weighted by molar-refractivity contribution is -0.139. The number of benzene rings is 1. The number of carboxylic acid groups (broad SMARTS) is 2. The average Bonchev–Trinajstić information content (AvgIpc) is 2.69. The van der Waals surface area contributed by atoms with Gasteiger partial charge in [-0.2, -0.15) is 0 Å². The molecular formula is C18H23N3O8S. The Kier molecular flexibility index (Phi) is 9.65. The number of hydrogen-bond donors (Lipinski definition) is 7. The number of carboxylic acids is 2. The highest BCUT2D eigenvalue weighted by atomic mass is 32.2. The lowest BCUT2D eigenvalue weighted by Crippen LogP contribution is -2.49. The maximum absolute atomic E-state index is 12.3. The summed E-state index contributed by atoms with van der Waals surface area (Å²) in [6.45, 7) is 2.94. The van der Waals surface area contributed by atoms with Crippen molar-refractivity contribution in [1.29, 1.82) is 0 Å². The average molecular weight is 441 g/mol. The number of aliphatic carboxylic acids is 2. The summed E-state index contributed by atoms with van der Waals surface area (Å²) in [7, 11) is 0. The molecule has 0 unspecified atom stereocenters. The number of nitrogens with one attached hydrogen (secondary N) is 2. The van der Waals surface area contributed by atoms with Crippen LogP contribution in [-0.2, 0) is 19.2 Å². The molecule has 0 bridgehead atoms. The Morgan fingerprint density at radius 2 is 1.80 bits per heavy atom. The van der Waals surface area contributed by atoms with Gasteiger partial charge in [0, 0.05) is 17.1 Å². The number of rotatable bonds is 12. The van der Waals surface area contributed by atoms with Gasteiger partial charge in [-0.25, -0.2) is 0 Å². The molecular weight excluding hydrogens is 418 g/mol. The first-order valence-electron chi connectivity index (χ1n) is 8.63. The van der Waals surface area contributed by atoms with Gasteiger partial charge in [0.1, 0.15) is 18.6 Å². The summed E-state index contributed by atoms with van der Waals surface area (Å²) in [5.74, 6) is -4.73. The molecule has 2 atom stereocenters. The predicted molar refractivity (Wildman–Crippen MR) is 108 cm³/mol. The molecule has 1 aromatic rings. The van der Waals surface area contributed by atoms with Gasteiger partial charge in [-0.05, 0) is 24.1 Å². The van der Waals surface area contributed by atoms with E-state index in [4.69, 9.17) is 15.9 Å².